The van der Waals surface area contributed by atoms with Gasteiger partial charge in [-0.15, -0.1) is 0 Å². The van der Waals surface area contributed by atoms with Crippen LogP contribution in [0.4, 0.5) is 0 Å². The Kier molecular flexibility index (Phi) is 2.84. The lowest BCUT2D eigenvalue weighted by Gasteiger charge is -2.04. The van der Waals surface area contributed by atoms with E-state index < -0.39 is 15.9 Å². The molecule has 0 aromatic heterocycles. The van der Waals surface area contributed by atoms with Gasteiger partial charge in [0.2, 0.25) is 0 Å². The molecule has 6 heteroatoms. The van der Waals surface area contributed by atoms with E-state index in [0.29, 0.717) is 0 Å². The molecule has 0 saturated heterocycles. The first-order valence-electron chi connectivity index (χ1n) is 5.92. The van der Waals surface area contributed by atoms with Crippen molar-refractivity contribution in [3.8, 4) is 11.1 Å². The molecule has 0 fully saturated rings. The van der Waals surface area contributed by atoms with Gasteiger partial charge >= 0.3 is 0 Å². The van der Waals surface area contributed by atoms with Crippen molar-refractivity contribution in [2.75, 3.05) is 0 Å². The Morgan fingerprint density at radius 1 is 1.00 bits per heavy atom. The maximum atomic E-state index is 11.6. The van der Waals surface area contributed by atoms with Gasteiger partial charge in [-0.1, -0.05) is 30.3 Å². The number of sulfonamides is 1. The molecule has 1 amide bonds. The summed E-state index contributed by atoms with van der Waals surface area (Å²) in [6.45, 7) is -0.0366. The molecule has 0 saturated carbocycles. The molecule has 1 aliphatic rings. The van der Waals surface area contributed by atoms with E-state index in [0.717, 1.165) is 16.7 Å². The zero-order valence-electron chi connectivity index (χ0n) is 10.3. The first kappa shape index (κ1) is 12.8. The molecule has 102 valence electrons. The number of nitrogens with one attached hydrogen (secondary N) is 1. The van der Waals surface area contributed by atoms with Crippen molar-refractivity contribution in [1.29, 1.82) is 0 Å². The summed E-state index contributed by atoms with van der Waals surface area (Å²) in [4.78, 5) is 11.7. The highest BCUT2D eigenvalue weighted by Gasteiger charge is 2.32. The van der Waals surface area contributed by atoms with E-state index in [9.17, 15) is 13.2 Å². The second-order valence-electron chi connectivity index (χ2n) is 4.50. The minimum atomic E-state index is -3.70. The average molecular weight is 289 g/mol. The smallest absolute Gasteiger partial charge is 0.266 e. The molecule has 2 aromatic rings. The van der Waals surface area contributed by atoms with E-state index in [1.54, 1.807) is 24.3 Å². The Labute approximate surface area is 115 Å². The number of aliphatic hydroxyl groups is 1. The number of aliphatic hydroxyl groups excluding tert-OH is 1. The van der Waals surface area contributed by atoms with Crippen LogP contribution < -0.4 is 4.72 Å². The Bertz CT molecular complexity index is 794. The van der Waals surface area contributed by atoms with Gasteiger partial charge in [-0.05, 0) is 28.8 Å². The van der Waals surface area contributed by atoms with Gasteiger partial charge in [-0.3, -0.25) is 4.79 Å². The monoisotopic (exact) mass is 289 g/mol. The molecule has 0 radical (unpaired) electrons. The minimum Gasteiger partial charge on any atom is -0.392 e. The number of carbonyl (C=O) groups excluding carboxylic acids is 1. The highest BCUT2D eigenvalue weighted by molar-refractivity contribution is 7.90. The maximum absolute atomic E-state index is 11.6. The second kappa shape index (κ2) is 4.43. The number of hydrogen-bond acceptors (Lipinski definition) is 4. The standard InChI is InChI=1S/C14H11NO4S/c16-8-9-1-3-10(4-2-9)11-5-6-13-12(7-11)14(17)15-20(13,18)19/h1-7,16H,8H2,(H,15,17). The third kappa shape index (κ3) is 1.99. The summed E-state index contributed by atoms with van der Waals surface area (Å²) >= 11 is 0. The van der Waals surface area contributed by atoms with Gasteiger partial charge in [0.05, 0.1) is 12.2 Å². The topological polar surface area (TPSA) is 83.5 Å². The van der Waals surface area contributed by atoms with Crippen LogP contribution in [0.1, 0.15) is 15.9 Å². The summed E-state index contributed by atoms with van der Waals surface area (Å²) in [5.41, 5.74) is 2.55. The highest BCUT2D eigenvalue weighted by atomic mass is 32.2. The number of carbonyl (C=O) groups is 1. The first-order valence-corrected chi connectivity index (χ1v) is 7.41. The molecule has 0 unspecified atom stereocenters. The van der Waals surface area contributed by atoms with Crippen LogP contribution in [0.25, 0.3) is 11.1 Å². The molecule has 0 bridgehead atoms. The average Bonchev–Trinajstić information content (AvgIpc) is 2.68. The summed E-state index contributed by atoms with van der Waals surface area (Å²) in [6, 6.07) is 11.8. The van der Waals surface area contributed by atoms with Gasteiger partial charge in [0.25, 0.3) is 15.9 Å². The molecule has 5 nitrogen and oxygen atoms in total. The lowest BCUT2D eigenvalue weighted by atomic mass is 10.0. The summed E-state index contributed by atoms with van der Waals surface area (Å²) in [5, 5.41) is 9.00. The molecular weight excluding hydrogens is 278 g/mol. The van der Waals surface area contributed by atoms with Crippen LogP contribution in [0.2, 0.25) is 0 Å². The van der Waals surface area contributed by atoms with Crippen LogP contribution >= 0.6 is 0 Å². The zero-order valence-corrected chi connectivity index (χ0v) is 11.1. The predicted octanol–water partition coefficient (Wildman–Crippen LogP) is 1.28. The quantitative estimate of drug-likeness (QED) is 0.872. The van der Waals surface area contributed by atoms with E-state index in [-0.39, 0.29) is 17.1 Å². The summed E-state index contributed by atoms with van der Waals surface area (Å²) in [7, 11) is -3.70. The van der Waals surface area contributed by atoms with Crippen LogP contribution in [0, 0.1) is 0 Å². The third-order valence-corrected chi connectivity index (χ3v) is 4.60. The van der Waals surface area contributed by atoms with Gasteiger partial charge in [-0.25, -0.2) is 13.1 Å². The number of fused-ring (bicyclic) bond motifs is 1. The van der Waals surface area contributed by atoms with Crippen molar-refractivity contribution in [3.05, 3.63) is 53.6 Å². The first-order chi connectivity index (χ1) is 9.51. The summed E-state index contributed by atoms with van der Waals surface area (Å²) < 4.78 is 25.2. The van der Waals surface area contributed by atoms with Crippen LogP contribution in [-0.2, 0) is 16.6 Å². The zero-order chi connectivity index (χ0) is 14.3. The molecule has 1 aliphatic heterocycles. The van der Waals surface area contributed by atoms with Crippen LogP contribution in [0.15, 0.2) is 47.4 Å². The Morgan fingerprint density at radius 2 is 1.65 bits per heavy atom. The lowest BCUT2D eigenvalue weighted by molar-refractivity contribution is 0.0985. The number of amides is 1. The largest absolute Gasteiger partial charge is 0.392 e. The van der Waals surface area contributed by atoms with E-state index in [1.165, 1.54) is 6.07 Å². The highest BCUT2D eigenvalue weighted by Crippen LogP contribution is 2.28. The molecule has 0 aliphatic carbocycles. The Morgan fingerprint density at radius 3 is 2.30 bits per heavy atom. The van der Waals surface area contributed by atoms with E-state index in [2.05, 4.69) is 0 Å². The molecule has 1 heterocycles. The third-order valence-electron chi connectivity index (χ3n) is 3.21. The van der Waals surface area contributed by atoms with Gasteiger partial charge in [-0.2, -0.15) is 0 Å². The van der Waals surface area contributed by atoms with Gasteiger partial charge in [0.15, 0.2) is 0 Å². The van der Waals surface area contributed by atoms with Crippen molar-refractivity contribution in [2.24, 2.45) is 0 Å². The van der Waals surface area contributed by atoms with Crippen molar-refractivity contribution in [1.82, 2.24) is 4.72 Å². The Balaban J connectivity index is 2.09. The fraction of sp³-hybridized carbons (Fsp3) is 0.0714. The van der Waals surface area contributed by atoms with Gasteiger partial charge in [0, 0.05) is 0 Å². The molecule has 20 heavy (non-hydrogen) atoms. The van der Waals surface area contributed by atoms with E-state index in [4.69, 9.17) is 5.11 Å². The second-order valence-corrected chi connectivity index (χ2v) is 6.15. The van der Waals surface area contributed by atoms with Crippen molar-refractivity contribution < 1.29 is 18.3 Å². The van der Waals surface area contributed by atoms with Crippen LogP contribution in [0.5, 0.6) is 0 Å². The molecule has 2 N–H and O–H groups in total. The molecule has 3 rings (SSSR count). The van der Waals surface area contributed by atoms with Crippen molar-refractivity contribution >= 4 is 15.9 Å². The summed E-state index contributed by atoms with van der Waals surface area (Å²) in [6.07, 6.45) is 0. The fourth-order valence-electron chi connectivity index (χ4n) is 2.16. The van der Waals surface area contributed by atoms with Gasteiger partial charge in [0.1, 0.15) is 4.90 Å². The van der Waals surface area contributed by atoms with E-state index >= 15 is 0 Å². The summed E-state index contributed by atoms with van der Waals surface area (Å²) in [5.74, 6) is -0.603. The normalized spacial score (nSPS) is 15.8. The SMILES string of the molecule is O=C1NS(=O)(=O)c2ccc(-c3ccc(CO)cc3)cc21. The van der Waals surface area contributed by atoms with Crippen molar-refractivity contribution in [3.63, 3.8) is 0 Å². The molecule has 0 spiro atoms. The number of hydrogen-bond donors (Lipinski definition) is 2. The fourth-order valence-corrected chi connectivity index (χ4v) is 3.31. The lowest BCUT2D eigenvalue weighted by Crippen LogP contribution is -2.20. The number of rotatable bonds is 2. The van der Waals surface area contributed by atoms with E-state index in [1.807, 2.05) is 16.9 Å². The predicted molar refractivity (Wildman–Crippen MR) is 72.5 cm³/mol. The number of benzene rings is 2. The Hall–Kier alpha value is -2.18. The van der Waals surface area contributed by atoms with Gasteiger partial charge < -0.3 is 5.11 Å². The maximum Gasteiger partial charge on any atom is 0.266 e. The molecule has 0 atom stereocenters. The minimum absolute atomic E-state index is 0.0122. The molecular formula is C14H11NO4S. The van der Waals surface area contributed by atoms with Crippen LogP contribution in [0.3, 0.4) is 0 Å². The van der Waals surface area contributed by atoms with Crippen molar-refractivity contribution in [2.45, 2.75) is 11.5 Å². The van der Waals surface area contributed by atoms with Crippen LogP contribution in [-0.4, -0.2) is 19.4 Å². The molecule has 2 aromatic carbocycles.